The zero-order valence-corrected chi connectivity index (χ0v) is 29.5. The van der Waals surface area contributed by atoms with Crippen LogP contribution in [0.15, 0.2) is 107 Å². The molecule has 0 fully saturated rings. The molecule has 0 unspecified atom stereocenters. The van der Waals surface area contributed by atoms with Crippen molar-refractivity contribution in [2.24, 2.45) is 4.99 Å². The number of rotatable bonds is 11. The monoisotopic (exact) mass is 636 g/mol. The van der Waals surface area contributed by atoms with Crippen LogP contribution in [0.5, 0.6) is 0 Å². The molecule has 0 aliphatic rings. The minimum Gasteiger partial charge on any atom is -0.353 e. The van der Waals surface area contributed by atoms with Crippen LogP contribution in [0.4, 0.5) is 22.7 Å². The third-order valence-corrected chi connectivity index (χ3v) is 8.07. The Bertz CT molecular complexity index is 1630. The minimum absolute atomic E-state index is 0. The summed E-state index contributed by atoms with van der Waals surface area (Å²) in [4.78, 5) is 16.9. The molecule has 0 saturated heterocycles. The lowest BCUT2D eigenvalue weighted by molar-refractivity contribution is 0.794. The number of para-hydroxylation sites is 2. The average molecular weight is 637 g/mol. The maximum atomic E-state index is 12.1. The van der Waals surface area contributed by atoms with Crippen molar-refractivity contribution >= 4 is 22.7 Å². The summed E-state index contributed by atoms with van der Waals surface area (Å²) < 4.78 is 0. The molecule has 0 aromatic heterocycles. The van der Waals surface area contributed by atoms with Crippen molar-refractivity contribution in [1.29, 1.82) is 0 Å². The van der Waals surface area contributed by atoms with E-state index >= 15 is 0 Å². The van der Waals surface area contributed by atoms with Gasteiger partial charge >= 0.3 is 0 Å². The van der Waals surface area contributed by atoms with Crippen molar-refractivity contribution in [3.63, 3.8) is 0 Å². The van der Waals surface area contributed by atoms with Gasteiger partial charge in [-0.15, -0.1) is 0 Å². The van der Waals surface area contributed by atoms with Crippen LogP contribution in [-0.4, -0.2) is 6.54 Å². The van der Waals surface area contributed by atoms with Crippen LogP contribution < -0.4 is 21.4 Å². The number of nitrogens with one attached hydrogen (secondary N) is 2. The van der Waals surface area contributed by atoms with Crippen LogP contribution in [0, 0.1) is 0 Å². The Balaban J connectivity index is 0.000000467. The van der Waals surface area contributed by atoms with E-state index in [0.717, 1.165) is 29.7 Å². The molecule has 4 rings (SSSR count). The quantitative estimate of drug-likeness (QED) is 0.161. The summed E-state index contributed by atoms with van der Waals surface area (Å²) in [6.07, 6.45) is 2.29. The molecule has 0 heterocycles. The Kier molecular flexibility index (Phi) is 16.2. The van der Waals surface area contributed by atoms with E-state index in [4.69, 9.17) is 4.99 Å². The fourth-order valence-corrected chi connectivity index (χ4v) is 5.43. The van der Waals surface area contributed by atoms with Crippen LogP contribution in [0.25, 0.3) is 0 Å². The van der Waals surface area contributed by atoms with Crippen molar-refractivity contribution in [2.75, 3.05) is 17.2 Å². The summed E-state index contributed by atoms with van der Waals surface area (Å²) >= 11 is 0. The standard InChI is InChI=1S/C23H32N2.C19H23NO.CH4.H2/c1-6-7-16-24-21-14-9-8-10-15-22(21)25-23-19(17(2)3)12-11-13-20(23)18(4)5;1-13(2)15-9-8-10-16(14(3)4)19(15)20-17-11-6-5-7-12-18(17)21;;/h8-15,17-18H,6-7,16H2,1-5H3,(H,24,25);5-14H,1-4H3,(H,20,21);1H4;1H/i;;;1+1. The van der Waals surface area contributed by atoms with Gasteiger partial charge in [-0.2, -0.15) is 0 Å². The first-order valence-electron chi connectivity index (χ1n) is 17.0. The summed E-state index contributed by atoms with van der Waals surface area (Å²) in [6.45, 7) is 20.8. The van der Waals surface area contributed by atoms with E-state index in [0.29, 0.717) is 29.4 Å². The van der Waals surface area contributed by atoms with Crippen molar-refractivity contribution in [3.05, 3.63) is 135 Å². The Morgan fingerprint density at radius 1 is 0.553 bits per heavy atom. The summed E-state index contributed by atoms with van der Waals surface area (Å²) in [7, 11) is 0. The molecule has 0 aliphatic carbocycles. The number of unbranched alkanes of at least 4 members (excludes halogenated alkanes) is 1. The van der Waals surface area contributed by atoms with Gasteiger partial charge in [0.1, 0.15) is 0 Å². The summed E-state index contributed by atoms with van der Waals surface area (Å²) in [5.74, 6) is 1.75. The van der Waals surface area contributed by atoms with Crippen LogP contribution in [-0.2, 0) is 0 Å². The first-order chi connectivity index (χ1) is 22.0. The topological polar surface area (TPSA) is 53.5 Å². The predicted octanol–water partition coefficient (Wildman–Crippen LogP) is 12.3. The van der Waals surface area contributed by atoms with Gasteiger partial charge in [0.25, 0.3) is 0 Å². The van der Waals surface area contributed by atoms with Gasteiger partial charge in [0, 0.05) is 19.3 Å². The lowest BCUT2D eigenvalue weighted by Gasteiger charge is -2.20. The van der Waals surface area contributed by atoms with Crippen molar-refractivity contribution in [1.82, 2.24) is 0 Å². The van der Waals surface area contributed by atoms with E-state index in [2.05, 4.69) is 140 Å². The maximum absolute atomic E-state index is 12.1. The highest BCUT2D eigenvalue weighted by atomic mass is 16.1. The molecular weight excluding hydrogens is 574 g/mol. The molecule has 0 radical (unpaired) electrons. The number of hydrogen-bond donors (Lipinski definition) is 2. The number of nitrogens with zero attached hydrogens (tertiary/aromatic N) is 1. The Hall–Kier alpha value is -4.18. The molecule has 2 N–H and O–H groups in total. The van der Waals surface area contributed by atoms with E-state index in [1.807, 2.05) is 18.2 Å². The zero-order valence-electron chi connectivity index (χ0n) is 29.5. The van der Waals surface area contributed by atoms with Gasteiger partial charge in [-0.05, 0) is 76.6 Å². The molecule has 4 heteroatoms. The summed E-state index contributed by atoms with van der Waals surface area (Å²) in [6, 6.07) is 32.4. The van der Waals surface area contributed by atoms with Gasteiger partial charge in [0.15, 0.2) is 0 Å². The fraction of sp³-hybridized carbons (Fsp3) is 0.395. The van der Waals surface area contributed by atoms with Crippen molar-refractivity contribution in [2.45, 2.75) is 106 Å². The third-order valence-electron chi connectivity index (χ3n) is 8.07. The van der Waals surface area contributed by atoms with Crippen molar-refractivity contribution < 1.29 is 1.43 Å². The van der Waals surface area contributed by atoms with Gasteiger partial charge in [0.2, 0.25) is 5.43 Å². The van der Waals surface area contributed by atoms with Crippen LogP contribution >= 0.6 is 0 Å². The van der Waals surface area contributed by atoms with E-state index < -0.39 is 0 Å². The van der Waals surface area contributed by atoms with Gasteiger partial charge in [-0.3, -0.25) is 9.79 Å². The smallest absolute Gasteiger partial charge is 0.201 e. The van der Waals surface area contributed by atoms with Gasteiger partial charge in [-0.25, -0.2) is 0 Å². The molecule has 4 aromatic rings. The highest BCUT2D eigenvalue weighted by Crippen LogP contribution is 2.35. The van der Waals surface area contributed by atoms with Crippen LogP contribution in [0.3, 0.4) is 0 Å². The fourth-order valence-electron chi connectivity index (χ4n) is 5.43. The molecule has 0 amide bonds. The SMILES string of the molecule is C.CC(C)c1cccc(C(C)C)c1Nc1cccccc1=O.CCCCN=c1cccccc1Nc1c(C(C)C)cccc1C(C)C.[2HH]. The molecule has 4 nitrogen and oxygen atoms in total. The van der Waals surface area contributed by atoms with Gasteiger partial charge in [-0.1, -0.05) is 149 Å². The van der Waals surface area contributed by atoms with Gasteiger partial charge < -0.3 is 10.6 Å². The first-order valence-corrected chi connectivity index (χ1v) is 17.0. The molecule has 0 bridgehead atoms. The molecule has 0 spiro atoms. The number of hydrogen-bond acceptors (Lipinski definition) is 4. The second-order valence-corrected chi connectivity index (χ2v) is 13.1. The number of anilines is 4. The Morgan fingerprint density at radius 2 is 0.957 bits per heavy atom. The molecule has 0 atom stereocenters. The average Bonchev–Trinajstić information content (AvgIpc) is 3.37. The predicted molar refractivity (Wildman–Crippen MR) is 209 cm³/mol. The Morgan fingerprint density at radius 3 is 1.40 bits per heavy atom. The lowest BCUT2D eigenvalue weighted by Crippen LogP contribution is -2.11. The molecule has 0 aliphatic heterocycles. The first kappa shape index (κ1) is 39.0. The van der Waals surface area contributed by atoms with Crippen molar-refractivity contribution in [3.8, 4) is 0 Å². The maximum Gasteiger partial charge on any atom is 0.201 e. The second kappa shape index (κ2) is 19.5. The number of benzene rings is 2. The van der Waals surface area contributed by atoms with E-state index in [1.54, 1.807) is 12.1 Å². The molecule has 0 saturated carbocycles. The van der Waals surface area contributed by atoms with Crippen LogP contribution in [0.1, 0.15) is 130 Å². The Labute approximate surface area is 286 Å². The molecule has 4 aromatic carbocycles. The molecule has 254 valence electrons. The van der Waals surface area contributed by atoms with E-state index in [-0.39, 0.29) is 14.3 Å². The normalized spacial score (nSPS) is 11.3. The van der Waals surface area contributed by atoms with E-state index in [9.17, 15) is 4.79 Å². The zero-order chi connectivity index (χ0) is 33.6. The highest BCUT2D eigenvalue weighted by Gasteiger charge is 2.15. The van der Waals surface area contributed by atoms with Gasteiger partial charge in [0.05, 0.1) is 16.7 Å². The molecule has 47 heavy (non-hydrogen) atoms. The lowest BCUT2D eigenvalue weighted by atomic mass is 9.92. The third kappa shape index (κ3) is 11.2. The highest BCUT2D eigenvalue weighted by molar-refractivity contribution is 5.69. The largest absolute Gasteiger partial charge is 0.353 e. The minimum atomic E-state index is 0. The second-order valence-electron chi connectivity index (χ2n) is 13.1. The summed E-state index contributed by atoms with van der Waals surface area (Å²) in [5.41, 5.74) is 9.23. The summed E-state index contributed by atoms with van der Waals surface area (Å²) in [5, 5.41) is 8.14. The molecular formula is C43H61N3O. The van der Waals surface area contributed by atoms with Crippen LogP contribution in [0.2, 0.25) is 0 Å². The van der Waals surface area contributed by atoms with E-state index in [1.165, 1.54) is 34.4 Å².